The Labute approximate surface area is 152 Å². The summed E-state index contributed by atoms with van der Waals surface area (Å²) in [5.74, 6) is -3.93. The molecule has 1 aromatic carbocycles. The molecule has 0 aliphatic carbocycles. The molecule has 0 fully saturated rings. The zero-order valence-corrected chi connectivity index (χ0v) is 14.5. The third kappa shape index (κ3) is 9.56. The van der Waals surface area contributed by atoms with Crippen LogP contribution in [0.25, 0.3) is 0 Å². The Morgan fingerprint density at radius 2 is 1.78 bits per heavy atom. The number of unbranched alkanes of at least 4 members (excludes halogenated alkanes) is 1. The zero-order valence-electron chi connectivity index (χ0n) is 14.5. The van der Waals surface area contributed by atoms with E-state index in [1.54, 1.807) is 0 Å². The Kier molecular flexibility index (Phi) is 10.0. The monoisotopic (exact) mass is 394 g/mol. The molecule has 11 heteroatoms. The topological polar surface area (TPSA) is 153 Å². The van der Waals surface area contributed by atoms with Gasteiger partial charge in [0.25, 0.3) is 0 Å². The van der Waals surface area contributed by atoms with Crippen molar-refractivity contribution >= 4 is 17.9 Å². The lowest BCUT2D eigenvalue weighted by molar-refractivity contribution is -0.139. The molecule has 0 bridgehead atoms. The molecule has 0 radical (unpaired) electrons. The number of aliphatic carboxylic acids is 1. The van der Waals surface area contributed by atoms with Gasteiger partial charge in [-0.3, -0.25) is 9.59 Å². The average Bonchev–Trinajstić information content (AvgIpc) is 2.53. The number of ether oxygens (including phenoxy) is 1. The van der Waals surface area contributed by atoms with Gasteiger partial charge in [0.2, 0.25) is 0 Å². The average molecular weight is 394 g/mol. The van der Waals surface area contributed by atoms with Gasteiger partial charge >= 0.3 is 24.1 Å². The highest BCUT2D eigenvalue weighted by atomic mass is 19.4. The largest absolute Gasteiger partial charge is 0.480 e. The number of esters is 1. The lowest BCUT2D eigenvalue weighted by atomic mass is 10.1. The molecule has 0 spiro atoms. The second-order valence-electron chi connectivity index (χ2n) is 5.34. The summed E-state index contributed by atoms with van der Waals surface area (Å²) in [6.07, 6.45) is -2.47. The fraction of sp³-hybridized carbons (Fsp3) is 0.438. The Balaban J connectivity index is 0.000000580. The van der Waals surface area contributed by atoms with Crippen LogP contribution in [0.3, 0.4) is 0 Å². The van der Waals surface area contributed by atoms with Gasteiger partial charge in [-0.15, -0.1) is 0 Å². The van der Waals surface area contributed by atoms with Gasteiger partial charge in [0.05, 0.1) is 5.56 Å². The van der Waals surface area contributed by atoms with E-state index >= 15 is 0 Å². The van der Waals surface area contributed by atoms with Crippen molar-refractivity contribution in [3.05, 3.63) is 29.3 Å². The summed E-state index contributed by atoms with van der Waals surface area (Å²) < 4.78 is 41.5. The van der Waals surface area contributed by atoms with Gasteiger partial charge in [-0.25, -0.2) is 4.79 Å². The van der Waals surface area contributed by atoms with E-state index in [2.05, 4.69) is 4.74 Å². The predicted octanol–water partition coefficient (Wildman–Crippen LogP) is 1.86. The lowest BCUT2D eigenvalue weighted by Crippen LogP contribution is -2.29. The minimum absolute atomic E-state index is 0.477. The highest BCUT2D eigenvalue weighted by molar-refractivity contribution is 5.92. The van der Waals surface area contributed by atoms with E-state index in [0.29, 0.717) is 25.1 Å². The van der Waals surface area contributed by atoms with E-state index in [9.17, 15) is 27.6 Å². The fourth-order valence-corrected chi connectivity index (χ4v) is 1.75. The van der Waals surface area contributed by atoms with Crippen molar-refractivity contribution < 1.29 is 42.5 Å². The van der Waals surface area contributed by atoms with E-state index < -0.39 is 47.0 Å². The first-order valence-corrected chi connectivity index (χ1v) is 7.71. The van der Waals surface area contributed by atoms with Crippen LogP contribution in [0.5, 0.6) is 5.75 Å². The molecule has 0 amide bonds. The van der Waals surface area contributed by atoms with Gasteiger partial charge in [-0.2, -0.15) is 13.2 Å². The van der Waals surface area contributed by atoms with Gasteiger partial charge in [0.15, 0.2) is 0 Å². The third-order valence-corrected chi connectivity index (χ3v) is 3.08. The summed E-state index contributed by atoms with van der Waals surface area (Å²) in [6, 6.07) is 1.11. The molecule has 1 atom stereocenters. The number of benzene rings is 1. The summed E-state index contributed by atoms with van der Waals surface area (Å²) in [5, 5.41) is 17.0. The van der Waals surface area contributed by atoms with Crippen molar-refractivity contribution in [3.8, 4) is 5.75 Å². The van der Waals surface area contributed by atoms with Crippen LogP contribution in [0.1, 0.15) is 42.1 Å². The molecule has 1 aromatic rings. The second kappa shape index (κ2) is 11.1. The lowest BCUT2D eigenvalue weighted by Gasteiger charge is -2.10. The normalized spacial score (nSPS) is 11.8. The molecule has 152 valence electrons. The number of carboxylic acids is 2. The van der Waals surface area contributed by atoms with Gasteiger partial charge in [0.1, 0.15) is 17.4 Å². The molecule has 0 saturated heterocycles. The number of nitrogens with two attached hydrogens (primary N) is 2. The first-order valence-electron chi connectivity index (χ1n) is 7.71. The number of hydrogen-bond acceptors (Lipinski definition) is 6. The SMILES string of the molecule is CC(=O)Oc1cc(C(F)(F)F)ccc1C(=O)O.NCCCCC(N)C(=O)O. The van der Waals surface area contributed by atoms with Crippen LogP contribution in [-0.4, -0.2) is 40.7 Å². The fourth-order valence-electron chi connectivity index (χ4n) is 1.75. The van der Waals surface area contributed by atoms with E-state index in [-0.39, 0.29) is 0 Å². The number of carbonyl (C=O) groups is 3. The molecule has 0 saturated carbocycles. The van der Waals surface area contributed by atoms with Crippen LogP contribution in [0.2, 0.25) is 0 Å². The molecule has 0 aromatic heterocycles. The van der Waals surface area contributed by atoms with Crippen molar-refractivity contribution in [1.29, 1.82) is 0 Å². The van der Waals surface area contributed by atoms with Gasteiger partial charge < -0.3 is 26.4 Å². The van der Waals surface area contributed by atoms with Crippen molar-refractivity contribution in [2.75, 3.05) is 6.54 Å². The minimum Gasteiger partial charge on any atom is -0.480 e. The number of alkyl halides is 3. The quantitative estimate of drug-likeness (QED) is 0.310. The van der Waals surface area contributed by atoms with Crippen LogP contribution < -0.4 is 16.2 Å². The molecule has 0 heterocycles. The smallest absolute Gasteiger partial charge is 0.416 e. The van der Waals surface area contributed by atoms with E-state index in [1.165, 1.54) is 0 Å². The summed E-state index contributed by atoms with van der Waals surface area (Å²) in [7, 11) is 0. The van der Waals surface area contributed by atoms with Crippen molar-refractivity contribution in [3.63, 3.8) is 0 Å². The standard InChI is InChI=1S/C10H7F3O4.C6H14N2O2/c1-5(14)17-8-4-6(10(11,12)13)2-3-7(8)9(15)16;7-4-2-1-3-5(8)6(9)10/h2-4H,1H3,(H,15,16);5H,1-4,7-8H2,(H,9,10). The molecule has 0 aliphatic rings. The summed E-state index contributed by atoms with van der Waals surface area (Å²) in [5.41, 5.74) is 8.83. The van der Waals surface area contributed by atoms with E-state index in [1.807, 2.05) is 0 Å². The van der Waals surface area contributed by atoms with E-state index in [4.69, 9.17) is 21.7 Å². The molecule has 1 rings (SSSR count). The van der Waals surface area contributed by atoms with Gasteiger partial charge in [-0.05, 0) is 37.6 Å². The molecular formula is C16H21F3N2O6. The van der Waals surface area contributed by atoms with E-state index in [0.717, 1.165) is 25.8 Å². The molecule has 8 nitrogen and oxygen atoms in total. The Morgan fingerprint density at radius 3 is 2.19 bits per heavy atom. The van der Waals surface area contributed by atoms with Gasteiger partial charge in [0, 0.05) is 6.92 Å². The third-order valence-electron chi connectivity index (χ3n) is 3.08. The zero-order chi connectivity index (χ0) is 21.2. The second-order valence-corrected chi connectivity index (χ2v) is 5.34. The van der Waals surface area contributed by atoms with Crippen LogP contribution in [0, 0.1) is 0 Å². The number of carbonyl (C=O) groups excluding carboxylic acids is 1. The maximum atomic E-state index is 12.4. The van der Waals surface area contributed by atoms with Crippen molar-refractivity contribution in [1.82, 2.24) is 0 Å². The summed E-state index contributed by atoms with van der Waals surface area (Å²) in [6.45, 7) is 1.57. The Bertz CT molecular complexity index is 664. The van der Waals surface area contributed by atoms with Gasteiger partial charge in [-0.1, -0.05) is 6.42 Å². The number of carboxylic acid groups (broad SMARTS) is 2. The summed E-state index contributed by atoms with van der Waals surface area (Å²) >= 11 is 0. The van der Waals surface area contributed by atoms with Crippen LogP contribution in [0.15, 0.2) is 18.2 Å². The number of hydrogen-bond donors (Lipinski definition) is 4. The number of halogens is 3. The minimum atomic E-state index is -4.63. The Hall–Kier alpha value is -2.66. The first kappa shape index (κ1) is 24.3. The molecular weight excluding hydrogens is 373 g/mol. The first-order chi connectivity index (χ1) is 12.4. The number of rotatable bonds is 7. The molecule has 6 N–H and O–H groups in total. The molecule has 27 heavy (non-hydrogen) atoms. The summed E-state index contributed by atoms with van der Waals surface area (Å²) in [4.78, 5) is 31.5. The highest BCUT2D eigenvalue weighted by Crippen LogP contribution is 2.33. The van der Waals surface area contributed by atoms with Crippen molar-refractivity contribution in [2.24, 2.45) is 11.5 Å². The molecule has 0 aliphatic heterocycles. The highest BCUT2D eigenvalue weighted by Gasteiger charge is 2.32. The maximum absolute atomic E-state index is 12.4. The van der Waals surface area contributed by atoms with Crippen LogP contribution in [-0.2, 0) is 15.8 Å². The van der Waals surface area contributed by atoms with Crippen molar-refractivity contribution in [2.45, 2.75) is 38.4 Å². The number of aromatic carboxylic acids is 1. The Morgan fingerprint density at radius 1 is 1.19 bits per heavy atom. The van der Waals surface area contributed by atoms with Crippen LogP contribution in [0.4, 0.5) is 13.2 Å². The maximum Gasteiger partial charge on any atom is 0.416 e. The van der Waals surface area contributed by atoms with Crippen LogP contribution >= 0.6 is 0 Å². The predicted molar refractivity (Wildman–Crippen MR) is 88.2 cm³/mol. The molecule has 1 unspecified atom stereocenters.